The molecule has 1 heterocycles. The second-order valence-electron chi connectivity index (χ2n) is 3.54. The minimum atomic E-state index is -1.02. The van der Waals surface area contributed by atoms with Crippen LogP contribution in [0.4, 0.5) is 4.39 Å². The molecule has 1 fully saturated rings. The molecule has 3 heteroatoms. The van der Waals surface area contributed by atoms with E-state index in [-0.39, 0.29) is 3.42 Å². The van der Waals surface area contributed by atoms with Crippen LogP contribution in [-0.4, -0.2) is 22.3 Å². The zero-order valence-electron chi connectivity index (χ0n) is 6.29. The first-order valence-electron chi connectivity index (χ1n) is 3.37. The van der Waals surface area contributed by atoms with Gasteiger partial charge in [-0.05, 0) is 6.42 Å². The highest BCUT2D eigenvalue weighted by Crippen LogP contribution is 2.35. The summed E-state index contributed by atoms with van der Waals surface area (Å²) in [6.07, 6.45) is 0.598. The summed E-state index contributed by atoms with van der Waals surface area (Å²) in [5.74, 6) is 0. The molecule has 1 nitrogen and oxygen atoms in total. The third kappa shape index (κ3) is 2.34. The topological polar surface area (TPSA) is 9.23 Å². The Morgan fingerprint density at radius 3 is 2.20 bits per heavy atom. The van der Waals surface area contributed by atoms with Crippen LogP contribution in [0.1, 0.15) is 20.3 Å². The SMILES string of the molecule is CC(C)(I)CC1(F)COC1. The molecule has 0 bridgehead atoms. The maximum Gasteiger partial charge on any atom is 0.158 e. The second kappa shape index (κ2) is 2.59. The van der Waals surface area contributed by atoms with Gasteiger partial charge in [-0.25, -0.2) is 4.39 Å². The Morgan fingerprint density at radius 2 is 2.10 bits per heavy atom. The summed E-state index contributed by atoms with van der Waals surface area (Å²) in [6.45, 7) is 4.65. The van der Waals surface area contributed by atoms with Crippen molar-refractivity contribution in [3.8, 4) is 0 Å². The van der Waals surface area contributed by atoms with Crippen molar-refractivity contribution < 1.29 is 9.13 Å². The smallest absolute Gasteiger partial charge is 0.158 e. The second-order valence-corrected chi connectivity index (χ2v) is 6.46. The molecule has 0 aliphatic carbocycles. The molecule has 0 spiro atoms. The average Bonchev–Trinajstić information content (AvgIpc) is 1.57. The number of alkyl halides is 2. The first kappa shape index (κ1) is 8.71. The molecule has 0 unspecified atom stereocenters. The summed E-state index contributed by atoms with van der Waals surface area (Å²) in [5.41, 5.74) is -1.02. The number of rotatable bonds is 2. The van der Waals surface area contributed by atoms with Crippen LogP contribution in [-0.2, 0) is 4.74 Å². The van der Waals surface area contributed by atoms with Gasteiger partial charge in [0.2, 0.25) is 0 Å². The highest BCUT2D eigenvalue weighted by atomic mass is 127. The maximum atomic E-state index is 13.3. The largest absolute Gasteiger partial charge is 0.375 e. The van der Waals surface area contributed by atoms with Gasteiger partial charge in [-0.15, -0.1) is 0 Å². The molecule has 0 radical (unpaired) electrons. The third-order valence-corrected chi connectivity index (χ3v) is 1.84. The van der Waals surface area contributed by atoms with Gasteiger partial charge in [0.15, 0.2) is 5.67 Å². The van der Waals surface area contributed by atoms with Crippen molar-refractivity contribution in [2.24, 2.45) is 0 Å². The number of ether oxygens (including phenoxy) is 1. The molecule has 1 rings (SSSR count). The van der Waals surface area contributed by atoms with E-state index in [4.69, 9.17) is 4.74 Å². The van der Waals surface area contributed by atoms with Crippen molar-refractivity contribution >= 4 is 22.6 Å². The van der Waals surface area contributed by atoms with Gasteiger partial charge in [0.05, 0.1) is 13.2 Å². The molecule has 0 aromatic rings. The van der Waals surface area contributed by atoms with E-state index >= 15 is 0 Å². The van der Waals surface area contributed by atoms with Gasteiger partial charge in [0, 0.05) is 3.42 Å². The molecule has 10 heavy (non-hydrogen) atoms. The molecular weight excluding hydrogens is 246 g/mol. The van der Waals surface area contributed by atoms with Crippen molar-refractivity contribution in [1.82, 2.24) is 0 Å². The minimum Gasteiger partial charge on any atom is -0.375 e. The van der Waals surface area contributed by atoms with Gasteiger partial charge in [-0.3, -0.25) is 0 Å². The summed E-state index contributed by atoms with van der Waals surface area (Å²) < 4.78 is 18.1. The Bertz CT molecular complexity index is 126. The van der Waals surface area contributed by atoms with E-state index in [9.17, 15) is 4.39 Å². The predicted octanol–water partition coefficient (Wildman–Crippen LogP) is 2.33. The highest BCUT2D eigenvalue weighted by Gasteiger charge is 2.42. The zero-order valence-corrected chi connectivity index (χ0v) is 8.44. The highest BCUT2D eigenvalue weighted by molar-refractivity contribution is 14.1. The number of halogens is 2. The maximum absolute atomic E-state index is 13.3. The van der Waals surface area contributed by atoms with E-state index in [0.29, 0.717) is 19.6 Å². The van der Waals surface area contributed by atoms with Crippen LogP contribution in [0.25, 0.3) is 0 Å². The van der Waals surface area contributed by atoms with Gasteiger partial charge in [0.25, 0.3) is 0 Å². The molecule has 0 amide bonds. The molecule has 1 aliphatic heterocycles. The van der Waals surface area contributed by atoms with Gasteiger partial charge < -0.3 is 4.74 Å². The van der Waals surface area contributed by atoms with E-state index in [2.05, 4.69) is 22.6 Å². The molecule has 1 saturated heterocycles. The van der Waals surface area contributed by atoms with Crippen molar-refractivity contribution in [1.29, 1.82) is 0 Å². The van der Waals surface area contributed by atoms with Gasteiger partial charge in [0.1, 0.15) is 0 Å². The van der Waals surface area contributed by atoms with Crippen molar-refractivity contribution in [2.75, 3.05) is 13.2 Å². The van der Waals surface area contributed by atoms with Gasteiger partial charge in [-0.2, -0.15) is 0 Å². The van der Waals surface area contributed by atoms with E-state index in [1.807, 2.05) is 13.8 Å². The van der Waals surface area contributed by atoms with Crippen molar-refractivity contribution in [2.45, 2.75) is 29.4 Å². The lowest BCUT2D eigenvalue weighted by molar-refractivity contribution is -0.135. The normalized spacial score (nSPS) is 24.0. The molecule has 0 atom stereocenters. The minimum absolute atomic E-state index is 0.0519. The quantitative estimate of drug-likeness (QED) is 0.545. The Hall–Kier alpha value is 0.620. The molecular formula is C7H12FIO. The monoisotopic (exact) mass is 258 g/mol. The van der Waals surface area contributed by atoms with Crippen LogP contribution < -0.4 is 0 Å². The van der Waals surface area contributed by atoms with Crippen molar-refractivity contribution in [3.63, 3.8) is 0 Å². The summed E-state index contributed by atoms with van der Waals surface area (Å²) in [7, 11) is 0. The third-order valence-electron chi connectivity index (χ3n) is 1.46. The molecule has 0 aromatic heterocycles. The molecule has 0 saturated carbocycles. The summed E-state index contributed by atoms with van der Waals surface area (Å²) in [5, 5.41) is 0. The van der Waals surface area contributed by atoms with E-state index in [1.54, 1.807) is 0 Å². The van der Waals surface area contributed by atoms with Gasteiger partial charge in [-0.1, -0.05) is 36.4 Å². The van der Waals surface area contributed by atoms with Crippen LogP contribution >= 0.6 is 22.6 Å². The Kier molecular flexibility index (Phi) is 2.26. The summed E-state index contributed by atoms with van der Waals surface area (Å²) in [4.78, 5) is 0. The molecule has 1 aliphatic rings. The van der Waals surface area contributed by atoms with Crippen LogP contribution in [0.5, 0.6) is 0 Å². The summed E-state index contributed by atoms with van der Waals surface area (Å²) in [6, 6.07) is 0. The van der Waals surface area contributed by atoms with E-state index < -0.39 is 5.67 Å². The lowest BCUT2D eigenvalue weighted by Crippen LogP contribution is -2.48. The van der Waals surface area contributed by atoms with Crippen LogP contribution in [0.15, 0.2) is 0 Å². The zero-order chi connectivity index (χ0) is 7.83. The first-order chi connectivity index (χ1) is 4.41. The standard InChI is InChI=1S/C7H12FIO/c1-6(2,9)3-7(8)4-10-5-7/h3-5H2,1-2H3. The fourth-order valence-electron chi connectivity index (χ4n) is 1.18. The Labute approximate surface area is 74.5 Å². The van der Waals surface area contributed by atoms with Gasteiger partial charge >= 0.3 is 0 Å². The Balaban J connectivity index is 2.37. The average molecular weight is 258 g/mol. The van der Waals surface area contributed by atoms with Crippen LogP contribution in [0.2, 0.25) is 0 Å². The number of hydrogen-bond donors (Lipinski definition) is 0. The first-order valence-corrected chi connectivity index (χ1v) is 4.45. The fraction of sp³-hybridized carbons (Fsp3) is 1.00. The lowest BCUT2D eigenvalue weighted by atomic mass is 9.93. The van der Waals surface area contributed by atoms with Crippen molar-refractivity contribution in [3.05, 3.63) is 0 Å². The molecule has 0 aromatic carbocycles. The van der Waals surface area contributed by atoms with Crippen LogP contribution in [0, 0.1) is 0 Å². The predicted molar refractivity (Wildman–Crippen MR) is 47.4 cm³/mol. The van der Waals surface area contributed by atoms with Crippen LogP contribution in [0.3, 0.4) is 0 Å². The van der Waals surface area contributed by atoms with E-state index in [0.717, 1.165) is 0 Å². The Morgan fingerprint density at radius 1 is 1.60 bits per heavy atom. The van der Waals surface area contributed by atoms with E-state index in [1.165, 1.54) is 0 Å². The fourth-order valence-corrected chi connectivity index (χ4v) is 1.86. The number of hydrogen-bond acceptors (Lipinski definition) is 1. The molecule has 0 N–H and O–H groups in total. The lowest BCUT2D eigenvalue weighted by Gasteiger charge is -2.37. The summed E-state index contributed by atoms with van der Waals surface area (Å²) >= 11 is 2.26. The molecule has 60 valence electrons.